The van der Waals surface area contributed by atoms with Crippen molar-refractivity contribution in [1.82, 2.24) is 0 Å². The molecule has 4 N–H and O–H groups in total. The Morgan fingerprint density at radius 2 is 1.85 bits per heavy atom. The van der Waals surface area contributed by atoms with Gasteiger partial charge in [0.1, 0.15) is 12.7 Å². The Morgan fingerprint density at radius 3 is 2.15 bits per heavy atom. The van der Waals surface area contributed by atoms with Crippen LogP contribution in [0.2, 0.25) is 0 Å². The van der Waals surface area contributed by atoms with Gasteiger partial charge in [-0.05, 0) is 13.8 Å². The van der Waals surface area contributed by atoms with Gasteiger partial charge in [0.15, 0.2) is 5.78 Å². The Morgan fingerprint density at radius 1 is 1.38 bits per heavy atom. The molecule has 0 heterocycles. The van der Waals surface area contributed by atoms with Crippen LogP contribution >= 0.6 is 0 Å². The number of aliphatic hydroxyl groups excluding tert-OH is 3. The lowest BCUT2D eigenvalue weighted by Crippen LogP contribution is -2.40. The van der Waals surface area contributed by atoms with Crippen LogP contribution in [-0.4, -0.2) is 50.6 Å². The minimum atomic E-state index is -1.63. The van der Waals surface area contributed by atoms with Crippen molar-refractivity contribution in [2.75, 3.05) is 6.61 Å². The van der Waals surface area contributed by atoms with E-state index in [0.29, 0.717) is 0 Å². The first-order chi connectivity index (χ1) is 5.78. The second kappa shape index (κ2) is 4.66. The lowest BCUT2D eigenvalue weighted by molar-refractivity contribution is -0.137. The van der Waals surface area contributed by atoms with E-state index in [1.165, 1.54) is 13.8 Å². The molecule has 0 aromatic carbocycles. The molecule has 5 heteroatoms. The van der Waals surface area contributed by atoms with Crippen LogP contribution in [0.1, 0.15) is 20.3 Å². The van der Waals surface area contributed by atoms with Crippen molar-refractivity contribution in [2.45, 2.75) is 38.1 Å². The fourth-order valence-corrected chi connectivity index (χ4v) is 0.932. The van der Waals surface area contributed by atoms with Crippen molar-refractivity contribution in [1.29, 1.82) is 0 Å². The van der Waals surface area contributed by atoms with Crippen LogP contribution in [-0.2, 0) is 4.79 Å². The zero-order valence-corrected chi connectivity index (χ0v) is 7.77. The highest BCUT2D eigenvalue weighted by molar-refractivity contribution is 5.84. The molecule has 0 amide bonds. The molecule has 0 saturated carbocycles. The quantitative estimate of drug-likeness (QED) is 0.422. The lowest BCUT2D eigenvalue weighted by atomic mass is 9.96. The lowest BCUT2D eigenvalue weighted by Gasteiger charge is -2.23. The Hall–Kier alpha value is -0.490. The van der Waals surface area contributed by atoms with Gasteiger partial charge in [0.05, 0.1) is 11.7 Å². The third-order valence-electron chi connectivity index (χ3n) is 1.56. The van der Waals surface area contributed by atoms with E-state index in [1.807, 2.05) is 0 Å². The molecule has 0 aromatic heterocycles. The van der Waals surface area contributed by atoms with Gasteiger partial charge in [-0.3, -0.25) is 4.79 Å². The molecular formula is C8H16O5. The number of rotatable bonds is 5. The molecular weight excluding hydrogens is 176 g/mol. The molecule has 0 rings (SSSR count). The maximum Gasteiger partial charge on any atom is 0.189 e. The van der Waals surface area contributed by atoms with Crippen molar-refractivity contribution < 1.29 is 25.2 Å². The highest BCUT2D eigenvalue weighted by Crippen LogP contribution is 2.13. The highest BCUT2D eigenvalue weighted by Gasteiger charge is 2.28. The normalized spacial score (nSPS) is 16.8. The summed E-state index contributed by atoms with van der Waals surface area (Å²) in [5, 5.41) is 35.9. The predicted octanol–water partition coefficient (Wildman–Crippen LogP) is -1.57. The number of carbonyl (C=O) groups is 1. The van der Waals surface area contributed by atoms with Gasteiger partial charge in [-0.1, -0.05) is 0 Å². The topological polar surface area (TPSA) is 98.0 Å². The first kappa shape index (κ1) is 12.5. The van der Waals surface area contributed by atoms with Gasteiger partial charge < -0.3 is 20.4 Å². The summed E-state index contributed by atoms with van der Waals surface area (Å²) in [5.41, 5.74) is -1.16. The molecule has 0 saturated heterocycles. The van der Waals surface area contributed by atoms with Crippen LogP contribution < -0.4 is 0 Å². The Kier molecular flexibility index (Phi) is 4.49. The fourth-order valence-electron chi connectivity index (χ4n) is 0.932. The van der Waals surface area contributed by atoms with Gasteiger partial charge >= 0.3 is 0 Å². The molecule has 0 bridgehead atoms. The molecule has 0 aliphatic carbocycles. The highest BCUT2D eigenvalue weighted by atomic mass is 16.3. The maximum absolute atomic E-state index is 10.7. The second-order valence-electron chi connectivity index (χ2n) is 3.65. The van der Waals surface area contributed by atoms with Crippen LogP contribution in [0.5, 0.6) is 0 Å². The number of hydrogen-bond donors (Lipinski definition) is 4. The van der Waals surface area contributed by atoms with E-state index < -0.39 is 30.2 Å². The second-order valence-corrected chi connectivity index (χ2v) is 3.65. The van der Waals surface area contributed by atoms with Gasteiger partial charge in [0.25, 0.3) is 0 Å². The monoisotopic (exact) mass is 192 g/mol. The molecule has 5 nitrogen and oxygen atoms in total. The summed E-state index contributed by atoms with van der Waals surface area (Å²) in [6, 6.07) is 0. The van der Waals surface area contributed by atoms with Crippen LogP contribution in [0.15, 0.2) is 0 Å². The molecule has 2 atom stereocenters. The van der Waals surface area contributed by atoms with Crippen molar-refractivity contribution in [3.63, 3.8) is 0 Å². The average Bonchev–Trinajstić information content (AvgIpc) is 1.98. The summed E-state index contributed by atoms with van der Waals surface area (Å²) < 4.78 is 0. The predicted molar refractivity (Wildman–Crippen MR) is 45.0 cm³/mol. The number of ketones is 1. The van der Waals surface area contributed by atoms with Crippen LogP contribution in [0.4, 0.5) is 0 Å². The SMILES string of the molecule is CC(C)(O)C[C@@H](O)[C@H](O)C(=O)CO. The van der Waals surface area contributed by atoms with Crippen LogP contribution in [0, 0.1) is 0 Å². The Balaban J connectivity index is 4.11. The van der Waals surface area contributed by atoms with E-state index in [2.05, 4.69) is 0 Å². The molecule has 0 fully saturated rings. The molecule has 0 aliphatic heterocycles. The fraction of sp³-hybridized carbons (Fsp3) is 0.875. The van der Waals surface area contributed by atoms with Gasteiger partial charge in [-0.25, -0.2) is 0 Å². The van der Waals surface area contributed by atoms with Crippen LogP contribution in [0.25, 0.3) is 0 Å². The van der Waals surface area contributed by atoms with E-state index >= 15 is 0 Å². The van der Waals surface area contributed by atoms with Crippen molar-refractivity contribution in [3.05, 3.63) is 0 Å². The summed E-state index contributed by atoms with van der Waals surface area (Å²) >= 11 is 0. The third kappa shape index (κ3) is 4.94. The summed E-state index contributed by atoms with van der Waals surface area (Å²) in [6.07, 6.45) is -3.10. The Bertz CT molecular complexity index is 172. The average molecular weight is 192 g/mol. The Labute approximate surface area is 76.6 Å². The molecule has 0 radical (unpaired) electrons. The van der Waals surface area contributed by atoms with E-state index in [4.69, 9.17) is 10.2 Å². The largest absolute Gasteiger partial charge is 0.390 e. The summed E-state index contributed by atoms with van der Waals surface area (Å²) in [4.78, 5) is 10.7. The molecule has 0 aliphatic rings. The standard InChI is InChI=1S/C8H16O5/c1-8(2,13)3-5(10)7(12)6(11)4-9/h5,7,9-10,12-13H,3-4H2,1-2H3/t5-,7+/m1/s1. The smallest absolute Gasteiger partial charge is 0.189 e. The van der Waals surface area contributed by atoms with Crippen molar-refractivity contribution >= 4 is 5.78 Å². The van der Waals surface area contributed by atoms with Crippen LogP contribution in [0.3, 0.4) is 0 Å². The first-order valence-corrected chi connectivity index (χ1v) is 4.00. The van der Waals surface area contributed by atoms with Gasteiger partial charge in [0.2, 0.25) is 0 Å². The molecule has 0 aromatic rings. The summed E-state index contributed by atoms with van der Waals surface area (Å²) in [5.74, 6) is -0.850. The molecule has 13 heavy (non-hydrogen) atoms. The van der Waals surface area contributed by atoms with Gasteiger partial charge in [-0.15, -0.1) is 0 Å². The first-order valence-electron chi connectivity index (χ1n) is 4.00. The van der Waals surface area contributed by atoms with Crippen molar-refractivity contribution in [3.8, 4) is 0 Å². The van der Waals surface area contributed by atoms with E-state index in [1.54, 1.807) is 0 Å². The number of carbonyl (C=O) groups excluding carboxylic acids is 1. The molecule has 78 valence electrons. The maximum atomic E-state index is 10.7. The summed E-state index contributed by atoms with van der Waals surface area (Å²) in [7, 11) is 0. The van der Waals surface area contributed by atoms with Gasteiger partial charge in [0, 0.05) is 6.42 Å². The summed E-state index contributed by atoms with van der Waals surface area (Å²) in [6.45, 7) is 2.09. The zero-order chi connectivity index (χ0) is 10.6. The van der Waals surface area contributed by atoms with E-state index in [-0.39, 0.29) is 6.42 Å². The number of aliphatic hydroxyl groups is 4. The zero-order valence-electron chi connectivity index (χ0n) is 7.77. The third-order valence-corrected chi connectivity index (χ3v) is 1.56. The molecule has 0 spiro atoms. The van der Waals surface area contributed by atoms with E-state index in [9.17, 15) is 15.0 Å². The number of hydrogen-bond acceptors (Lipinski definition) is 5. The minimum absolute atomic E-state index is 0.125. The van der Waals surface area contributed by atoms with Gasteiger partial charge in [-0.2, -0.15) is 0 Å². The van der Waals surface area contributed by atoms with Crippen molar-refractivity contribution in [2.24, 2.45) is 0 Å². The molecule has 0 unspecified atom stereocenters. The number of Topliss-reactive ketones (excluding diaryl/α,β-unsaturated/α-hetero) is 1. The van der Waals surface area contributed by atoms with E-state index in [0.717, 1.165) is 0 Å². The minimum Gasteiger partial charge on any atom is -0.390 e.